The van der Waals surface area contributed by atoms with Crippen molar-refractivity contribution in [2.24, 2.45) is 0 Å². The van der Waals surface area contributed by atoms with Gasteiger partial charge in [-0.3, -0.25) is 0 Å². The predicted octanol–water partition coefficient (Wildman–Crippen LogP) is 3.64. The molecule has 174 valence electrons. The molecule has 2 aromatic carbocycles. The minimum absolute atomic E-state index is 0.362. The average Bonchev–Trinajstić information content (AvgIpc) is 3.42. The molecule has 1 aliphatic rings. The fraction of sp³-hybridized carbons (Fsp3) is 0.227. The van der Waals surface area contributed by atoms with Gasteiger partial charge in [-0.05, 0) is 29.5 Å². The number of hydrogen-bond donors (Lipinski definition) is 3. The number of methoxy groups -OCH3 is 1. The van der Waals surface area contributed by atoms with E-state index < -0.39 is 0 Å². The average molecular weight is 480 g/mol. The fourth-order valence-electron chi connectivity index (χ4n) is 3.63. The lowest BCUT2D eigenvalue weighted by Crippen LogP contribution is -2.36. The summed E-state index contributed by atoms with van der Waals surface area (Å²) in [4.78, 5) is 11.1. The Morgan fingerprint density at radius 3 is 2.74 bits per heavy atom. The molecule has 1 saturated heterocycles. The summed E-state index contributed by atoms with van der Waals surface area (Å²) >= 11 is 6.39. The number of rotatable bonds is 7. The van der Waals surface area contributed by atoms with Gasteiger partial charge in [-0.15, -0.1) is 10.2 Å². The highest BCUT2D eigenvalue weighted by Gasteiger charge is 2.16. The van der Waals surface area contributed by atoms with E-state index in [1.807, 2.05) is 42.5 Å². The van der Waals surface area contributed by atoms with Crippen molar-refractivity contribution in [3.63, 3.8) is 0 Å². The second-order valence-corrected chi connectivity index (χ2v) is 7.81. The Morgan fingerprint density at radius 1 is 1.09 bits per heavy atom. The number of H-pyrrole nitrogens is 1. The van der Waals surface area contributed by atoms with Crippen molar-refractivity contribution in [1.82, 2.24) is 30.6 Å². The number of tetrazole rings is 1. The van der Waals surface area contributed by atoms with Crippen molar-refractivity contribution in [3.8, 4) is 17.1 Å². The standard InChI is InChI=1S/C22H22ClN9O2/c1-33-19-12-14(32-8-10-34-11-9-32)6-7-18(19)26-22-24-13-16(23)21(27-22)25-17-5-3-2-4-15(17)20-28-30-31-29-20/h2-7,12-13H,8-11H2,1H3,(H2,24,25,26,27)(H,28,29,30,31). The number of halogens is 1. The van der Waals surface area contributed by atoms with E-state index in [-0.39, 0.29) is 0 Å². The van der Waals surface area contributed by atoms with Crippen LogP contribution < -0.4 is 20.3 Å². The van der Waals surface area contributed by atoms with E-state index >= 15 is 0 Å². The monoisotopic (exact) mass is 479 g/mol. The fourth-order valence-corrected chi connectivity index (χ4v) is 3.77. The first-order valence-corrected chi connectivity index (χ1v) is 11.0. The highest BCUT2D eigenvalue weighted by atomic mass is 35.5. The maximum absolute atomic E-state index is 6.39. The number of morpholine rings is 1. The van der Waals surface area contributed by atoms with Gasteiger partial charge in [0.05, 0.1) is 37.9 Å². The van der Waals surface area contributed by atoms with Crippen molar-refractivity contribution in [1.29, 1.82) is 0 Å². The molecule has 0 bridgehead atoms. The van der Waals surface area contributed by atoms with Crippen LogP contribution in [0.3, 0.4) is 0 Å². The molecule has 0 saturated carbocycles. The molecular formula is C22H22ClN9O2. The number of aromatic amines is 1. The molecule has 4 aromatic rings. The van der Waals surface area contributed by atoms with Crippen LogP contribution in [0.2, 0.25) is 5.02 Å². The van der Waals surface area contributed by atoms with E-state index in [4.69, 9.17) is 21.1 Å². The highest BCUT2D eigenvalue weighted by molar-refractivity contribution is 6.33. The van der Waals surface area contributed by atoms with Crippen molar-refractivity contribution in [2.75, 3.05) is 48.9 Å². The molecule has 0 amide bonds. The van der Waals surface area contributed by atoms with Crippen molar-refractivity contribution in [3.05, 3.63) is 53.7 Å². The van der Waals surface area contributed by atoms with E-state index in [0.717, 1.165) is 35.7 Å². The second-order valence-electron chi connectivity index (χ2n) is 7.41. The van der Waals surface area contributed by atoms with Crippen LogP contribution in [0.15, 0.2) is 48.7 Å². The van der Waals surface area contributed by atoms with Crippen LogP contribution in [-0.4, -0.2) is 64.0 Å². The zero-order valence-electron chi connectivity index (χ0n) is 18.3. The number of ether oxygens (including phenoxy) is 2. The molecule has 2 aromatic heterocycles. The summed E-state index contributed by atoms with van der Waals surface area (Å²) in [6.45, 7) is 3.12. The zero-order chi connectivity index (χ0) is 23.3. The van der Waals surface area contributed by atoms with E-state index in [9.17, 15) is 0 Å². The van der Waals surface area contributed by atoms with E-state index in [2.05, 4.69) is 46.1 Å². The Morgan fingerprint density at radius 2 is 1.94 bits per heavy atom. The number of aromatic nitrogens is 6. The summed E-state index contributed by atoms with van der Waals surface area (Å²) < 4.78 is 11.1. The lowest BCUT2D eigenvalue weighted by atomic mass is 10.1. The summed E-state index contributed by atoms with van der Waals surface area (Å²) in [5.41, 5.74) is 3.28. The van der Waals surface area contributed by atoms with Gasteiger partial charge in [-0.1, -0.05) is 23.7 Å². The molecule has 34 heavy (non-hydrogen) atoms. The Kier molecular flexibility index (Phi) is 6.36. The SMILES string of the molecule is COc1cc(N2CCOCC2)ccc1Nc1ncc(Cl)c(Nc2ccccc2-c2nn[nH]n2)n1. The molecule has 0 radical (unpaired) electrons. The normalized spacial score (nSPS) is 13.5. The Labute approximate surface area is 200 Å². The lowest BCUT2D eigenvalue weighted by molar-refractivity contribution is 0.122. The van der Waals surface area contributed by atoms with E-state index in [0.29, 0.717) is 41.6 Å². The van der Waals surface area contributed by atoms with E-state index in [1.54, 1.807) is 7.11 Å². The molecule has 1 aliphatic heterocycles. The summed E-state index contributed by atoms with van der Waals surface area (Å²) in [5, 5.41) is 21.0. The highest BCUT2D eigenvalue weighted by Crippen LogP contribution is 2.33. The lowest BCUT2D eigenvalue weighted by Gasteiger charge is -2.29. The summed E-state index contributed by atoms with van der Waals surface area (Å²) in [6.07, 6.45) is 1.53. The topological polar surface area (TPSA) is 126 Å². The number of nitrogens with zero attached hydrogens (tertiary/aromatic N) is 6. The van der Waals surface area contributed by atoms with Crippen molar-refractivity contribution in [2.45, 2.75) is 0 Å². The van der Waals surface area contributed by atoms with Crippen LogP contribution in [0.5, 0.6) is 5.75 Å². The minimum Gasteiger partial charge on any atom is -0.494 e. The third kappa shape index (κ3) is 4.70. The molecule has 11 nitrogen and oxygen atoms in total. The largest absolute Gasteiger partial charge is 0.494 e. The number of benzene rings is 2. The minimum atomic E-state index is 0.362. The number of nitrogens with one attached hydrogen (secondary N) is 3. The summed E-state index contributed by atoms with van der Waals surface area (Å²) in [6, 6.07) is 13.5. The predicted molar refractivity (Wildman–Crippen MR) is 129 cm³/mol. The first-order valence-electron chi connectivity index (χ1n) is 10.6. The third-order valence-corrected chi connectivity index (χ3v) is 5.59. The van der Waals surface area contributed by atoms with Crippen LogP contribution in [0.1, 0.15) is 0 Å². The van der Waals surface area contributed by atoms with E-state index in [1.165, 1.54) is 6.20 Å². The molecule has 1 fully saturated rings. The maximum Gasteiger partial charge on any atom is 0.229 e. The molecule has 0 unspecified atom stereocenters. The zero-order valence-corrected chi connectivity index (χ0v) is 19.1. The summed E-state index contributed by atoms with van der Waals surface area (Å²) in [5.74, 6) is 1.93. The molecule has 12 heteroatoms. The van der Waals surface area contributed by atoms with Crippen LogP contribution in [-0.2, 0) is 4.74 Å². The van der Waals surface area contributed by atoms with Gasteiger partial charge in [0, 0.05) is 30.4 Å². The molecule has 3 heterocycles. The molecule has 3 N–H and O–H groups in total. The quantitative estimate of drug-likeness (QED) is 0.361. The van der Waals surface area contributed by atoms with Crippen LogP contribution in [0, 0.1) is 0 Å². The smallest absolute Gasteiger partial charge is 0.229 e. The number of para-hydroxylation sites is 1. The van der Waals surface area contributed by atoms with Gasteiger partial charge in [0.15, 0.2) is 5.82 Å². The van der Waals surface area contributed by atoms with Crippen LogP contribution >= 0.6 is 11.6 Å². The molecule has 0 atom stereocenters. The Hall–Kier alpha value is -3.96. The third-order valence-electron chi connectivity index (χ3n) is 5.32. The van der Waals surface area contributed by atoms with Crippen molar-refractivity contribution < 1.29 is 9.47 Å². The Balaban J connectivity index is 1.39. The first-order chi connectivity index (χ1) is 16.7. The van der Waals surface area contributed by atoms with Crippen LogP contribution in [0.4, 0.5) is 28.8 Å². The second kappa shape index (κ2) is 9.89. The molecular weight excluding hydrogens is 458 g/mol. The molecule has 0 spiro atoms. The maximum atomic E-state index is 6.39. The first kappa shape index (κ1) is 21.9. The molecule has 0 aliphatic carbocycles. The van der Waals surface area contributed by atoms with Gasteiger partial charge in [0.25, 0.3) is 0 Å². The van der Waals surface area contributed by atoms with Gasteiger partial charge in [-0.25, -0.2) is 4.98 Å². The summed E-state index contributed by atoms with van der Waals surface area (Å²) in [7, 11) is 1.63. The Bertz CT molecular complexity index is 1260. The van der Waals surface area contributed by atoms with Gasteiger partial charge < -0.3 is 25.0 Å². The van der Waals surface area contributed by atoms with Crippen LogP contribution in [0.25, 0.3) is 11.4 Å². The number of hydrogen-bond acceptors (Lipinski definition) is 10. The van der Waals surface area contributed by atoms with Gasteiger partial charge >= 0.3 is 0 Å². The number of anilines is 5. The van der Waals surface area contributed by atoms with Gasteiger partial charge in [0.1, 0.15) is 10.8 Å². The van der Waals surface area contributed by atoms with Gasteiger partial charge in [0.2, 0.25) is 11.8 Å². The van der Waals surface area contributed by atoms with Gasteiger partial charge in [-0.2, -0.15) is 10.2 Å². The molecule has 5 rings (SSSR count). The van der Waals surface area contributed by atoms with Crippen molar-refractivity contribution >= 4 is 40.4 Å².